The van der Waals surface area contributed by atoms with Crippen LogP contribution in [0.3, 0.4) is 0 Å². The van der Waals surface area contributed by atoms with Crippen LogP contribution >= 0.6 is 23.8 Å². The van der Waals surface area contributed by atoms with E-state index in [0.29, 0.717) is 44.4 Å². The molecular formula is C22H14ClN3O5S. The van der Waals surface area contributed by atoms with Crippen LogP contribution in [0.2, 0.25) is 5.02 Å². The molecule has 3 N–H and O–H groups in total. The monoisotopic (exact) mass is 467 g/mol. The van der Waals surface area contributed by atoms with E-state index in [2.05, 4.69) is 15.6 Å². The van der Waals surface area contributed by atoms with E-state index in [-0.39, 0.29) is 23.5 Å². The predicted molar refractivity (Wildman–Crippen MR) is 122 cm³/mol. The molecule has 5 rings (SSSR count). The third kappa shape index (κ3) is 3.91. The van der Waals surface area contributed by atoms with Crippen molar-refractivity contribution in [3.05, 3.63) is 65.2 Å². The number of nitrogens with zero attached hydrogens (tertiary/aromatic N) is 1. The molecule has 1 aliphatic heterocycles. The summed E-state index contributed by atoms with van der Waals surface area (Å²) >= 11 is 11.2. The Bertz CT molecular complexity index is 1390. The van der Waals surface area contributed by atoms with Crippen molar-refractivity contribution >= 4 is 51.6 Å². The number of nitrogens with one attached hydrogen (secondary N) is 2. The van der Waals surface area contributed by atoms with Gasteiger partial charge in [-0.2, -0.15) is 0 Å². The fourth-order valence-electron chi connectivity index (χ4n) is 3.18. The van der Waals surface area contributed by atoms with Gasteiger partial charge in [0.15, 0.2) is 22.2 Å². The van der Waals surface area contributed by atoms with Gasteiger partial charge < -0.3 is 24.3 Å². The predicted octanol–water partition coefficient (Wildman–Crippen LogP) is 4.71. The number of ether oxygens (including phenoxy) is 2. The second-order valence-electron chi connectivity index (χ2n) is 6.84. The van der Waals surface area contributed by atoms with E-state index < -0.39 is 5.91 Å². The lowest BCUT2D eigenvalue weighted by molar-refractivity contribution is 0.0977. The molecule has 8 nitrogen and oxygen atoms in total. The van der Waals surface area contributed by atoms with Crippen molar-refractivity contribution in [3.63, 3.8) is 0 Å². The number of hydrogen-bond acceptors (Lipinski definition) is 7. The quantitative estimate of drug-likeness (QED) is 0.372. The summed E-state index contributed by atoms with van der Waals surface area (Å²) in [5, 5.41) is 16.5. The average Bonchev–Trinajstić information content (AvgIpc) is 3.39. The molecule has 1 amide bonds. The Morgan fingerprint density at radius 1 is 1.06 bits per heavy atom. The summed E-state index contributed by atoms with van der Waals surface area (Å²) in [7, 11) is 0. The Morgan fingerprint density at radius 3 is 2.75 bits per heavy atom. The zero-order valence-electron chi connectivity index (χ0n) is 16.2. The minimum atomic E-state index is -0.410. The fourth-order valence-corrected chi connectivity index (χ4v) is 3.56. The molecular weight excluding hydrogens is 454 g/mol. The highest BCUT2D eigenvalue weighted by atomic mass is 35.5. The molecule has 0 aliphatic carbocycles. The summed E-state index contributed by atoms with van der Waals surface area (Å²) in [5.74, 6) is 0.854. The van der Waals surface area contributed by atoms with E-state index in [9.17, 15) is 9.90 Å². The number of benzene rings is 3. The molecule has 0 saturated carbocycles. The van der Waals surface area contributed by atoms with Gasteiger partial charge in [0.25, 0.3) is 5.91 Å². The van der Waals surface area contributed by atoms with Gasteiger partial charge in [-0.15, -0.1) is 0 Å². The smallest absolute Gasteiger partial charge is 0.257 e. The van der Waals surface area contributed by atoms with Gasteiger partial charge in [0.05, 0.1) is 5.56 Å². The van der Waals surface area contributed by atoms with Crippen LogP contribution in [0.4, 0.5) is 5.69 Å². The number of aromatic hydroxyl groups is 1. The van der Waals surface area contributed by atoms with Gasteiger partial charge in [0, 0.05) is 22.3 Å². The molecule has 32 heavy (non-hydrogen) atoms. The van der Waals surface area contributed by atoms with Crippen molar-refractivity contribution in [2.75, 3.05) is 12.1 Å². The molecule has 0 radical (unpaired) electrons. The lowest BCUT2D eigenvalue weighted by Crippen LogP contribution is -2.34. The maximum absolute atomic E-state index is 12.4. The molecule has 4 aromatic rings. The number of oxazole rings is 1. The van der Waals surface area contributed by atoms with E-state index in [1.165, 1.54) is 6.07 Å². The number of phenolic OH excluding ortho intramolecular Hbond substituents is 1. The number of fused-ring (bicyclic) bond motifs is 2. The highest BCUT2D eigenvalue weighted by molar-refractivity contribution is 7.80. The molecule has 0 spiro atoms. The van der Waals surface area contributed by atoms with Crippen LogP contribution in [-0.2, 0) is 0 Å². The molecule has 10 heteroatoms. The highest BCUT2D eigenvalue weighted by Gasteiger charge is 2.17. The van der Waals surface area contributed by atoms with E-state index >= 15 is 0 Å². The van der Waals surface area contributed by atoms with Crippen LogP contribution in [0.25, 0.3) is 22.6 Å². The maximum atomic E-state index is 12.4. The Kier molecular flexibility index (Phi) is 5.04. The molecule has 1 aromatic heterocycles. The van der Waals surface area contributed by atoms with Crippen molar-refractivity contribution in [1.82, 2.24) is 10.3 Å². The SMILES string of the molecule is O=C(NC(=S)Nc1ccc(-c2nc3cc(Cl)ccc3o2)c(O)c1)c1ccc2c(c1)OCO2. The largest absolute Gasteiger partial charge is 0.507 e. The normalized spacial score (nSPS) is 12.0. The summed E-state index contributed by atoms with van der Waals surface area (Å²) in [5.41, 5.74) is 2.38. The number of aromatic nitrogens is 1. The standard InChI is InChI=1S/C22H14ClN3O5S/c23-12-2-6-17-15(8-12)25-21(31-17)14-4-3-13(9-16(14)27)24-22(32)26-20(28)11-1-5-18-19(7-11)30-10-29-18/h1-9,27H,10H2,(H2,24,26,28,32). The molecule has 0 atom stereocenters. The number of phenols is 1. The summed E-state index contributed by atoms with van der Waals surface area (Å²) in [6.07, 6.45) is 0. The van der Waals surface area contributed by atoms with Gasteiger partial charge in [-0.05, 0) is 60.7 Å². The van der Waals surface area contributed by atoms with Gasteiger partial charge in [0.1, 0.15) is 11.3 Å². The first-order valence-corrected chi connectivity index (χ1v) is 10.2. The van der Waals surface area contributed by atoms with E-state index in [1.54, 1.807) is 48.5 Å². The van der Waals surface area contributed by atoms with Crippen molar-refractivity contribution in [2.24, 2.45) is 0 Å². The second kappa shape index (κ2) is 8.03. The van der Waals surface area contributed by atoms with Gasteiger partial charge in [-0.3, -0.25) is 10.1 Å². The minimum absolute atomic E-state index is 0.0660. The third-order valence-electron chi connectivity index (χ3n) is 4.70. The molecule has 3 aromatic carbocycles. The van der Waals surface area contributed by atoms with Crippen molar-refractivity contribution in [3.8, 4) is 28.7 Å². The number of carbonyl (C=O) groups excluding carboxylic acids is 1. The fraction of sp³-hybridized carbons (Fsp3) is 0.0455. The van der Waals surface area contributed by atoms with Crippen LogP contribution in [0.15, 0.2) is 59.0 Å². The minimum Gasteiger partial charge on any atom is -0.507 e. The Hall–Kier alpha value is -3.82. The first-order chi connectivity index (χ1) is 15.5. The average molecular weight is 468 g/mol. The number of thiocarbonyl (C=S) groups is 1. The number of halogens is 1. The summed E-state index contributed by atoms with van der Waals surface area (Å²) in [6, 6.07) is 14.7. The van der Waals surface area contributed by atoms with Crippen molar-refractivity contribution in [1.29, 1.82) is 0 Å². The lowest BCUT2D eigenvalue weighted by Gasteiger charge is -2.11. The topological polar surface area (TPSA) is 106 Å². The van der Waals surface area contributed by atoms with Gasteiger partial charge in [-0.25, -0.2) is 4.98 Å². The number of anilines is 1. The Balaban J connectivity index is 1.28. The van der Waals surface area contributed by atoms with Gasteiger partial charge in [-0.1, -0.05) is 11.6 Å². The van der Waals surface area contributed by atoms with Crippen LogP contribution in [-0.4, -0.2) is 27.9 Å². The molecule has 2 heterocycles. The second-order valence-corrected chi connectivity index (χ2v) is 7.68. The van der Waals surface area contributed by atoms with E-state index in [4.69, 9.17) is 37.7 Å². The van der Waals surface area contributed by atoms with Crippen LogP contribution in [0.1, 0.15) is 10.4 Å². The molecule has 160 valence electrons. The van der Waals surface area contributed by atoms with E-state index in [1.807, 2.05) is 0 Å². The van der Waals surface area contributed by atoms with E-state index in [0.717, 1.165) is 0 Å². The summed E-state index contributed by atoms with van der Waals surface area (Å²) in [4.78, 5) is 16.8. The maximum Gasteiger partial charge on any atom is 0.257 e. The first kappa shape index (κ1) is 20.1. The number of rotatable bonds is 3. The summed E-state index contributed by atoms with van der Waals surface area (Å²) in [6.45, 7) is 0.122. The Labute approximate surface area is 191 Å². The zero-order chi connectivity index (χ0) is 22.2. The number of amides is 1. The Morgan fingerprint density at radius 2 is 1.91 bits per heavy atom. The zero-order valence-corrected chi connectivity index (χ0v) is 17.8. The number of carbonyl (C=O) groups is 1. The van der Waals surface area contributed by atoms with Crippen LogP contribution in [0.5, 0.6) is 17.2 Å². The molecule has 0 saturated heterocycles. The van der Waals surface area contributed by atoms with Crippen LogP contribution < -0.4 is 20.1 Å². The third-order valence-corrected chi connectivity index (χ3v) is 5.14. The summed E-state index contributed by atoms with van der Waals surface area (Å²) < 4.78 is 16.2. The number of hydrogen-bond donors (Lipinski definition) is 3. The lowest BCUT2D eigenvalue weighted by atomic mass is 10.2. The molecule has 0 unspecified atom stereocenters. The van der Waals surface area contributed by atoms with Crippen LogP contribution in [0, 0.1) is 0 Å². The first-order valence-electron chi connectivity index (χ1n) is 9.38. The van der Waals surface area contributed by atoms with Gasteiger partial charge in [0.2, 0.25) is 12.7 Å². The molecule has 1 aliphatic rings. The molecule has 0 fully saturated rings. The van der Waals surface area contributed by atoms with Crippen molar-refractivity contribution in [2.45, 2.75) is 0 Å². The van der Waals surface area contributed by atoms with Crippen molar-refractivity contribution < 1.29 is 23.8 Å². The highest BCUT2D eigenvalue weighted by Crippen LogP contribution is 2.34. The molecule has 0 bridgehead atoms. The van der Waals surface area contributed by atoms with Gasteiger partial charge >= 0.3 is 0 Å².